The number of carbonyl (C=O) groups is 2. The predicted molar refractivity (Wildman–Crippen MR) is 127 cm³/mol. The van der Waals surface area contributed by atoms with Gasteiger partial charge in [0, 0.05) is 46.3 Å². The second-order valence-corrected chi connectivity index (χ2v) is 8.39. The molecule has 1 aliphatic rings. The van der Waals surface area contributed by atoms with Crippen molar-refractivity contribution in [2.75, 3.05) is 19.6 Å². The molecule has 0 radical (unpaired) electrons. The Morgan fingerprint density at radius 3 is 2.59 bits per heavy atom. The summed E-state index contributed by atoms with van der Waals surface area (Å²) < 4.78 is 0. The van der Waals surface area contributed by atoms with E-state index in [0.29, 0.717) is 37.6 Å². The van der Waals surface area contributed by atoms with Crippen LogP contribution in [0.1, 0.15) is 16.8 Å². The molecule has 32 heavy (non-hydrogen) atoms. The van der Waals surface area contributed by atoms with E-state index in [-0.39, 0.29) is 18.4 Å². The normalized spacial score (nSPS) is 13.8. The maximum Gasteiger partial charge on any atom is 0.290 e. The van der Waals surface area contributed by atoms with Gasteiger partial charge in [-0.25, -0.2) is 0 Å². The number of amides is 1. The zero-order valence-electron chi connectivity index (χ0n) is 17.5. The summed E-state index contributed by atoms with van der Waals surface area (Å²) in [5, 5.41) is 12.8. The monoisotopic (exact) mass is 476 g/mol. The largest absolute Gasteiger partial charge is 0.483 e. The Morgan fingerprint density at radius 2 is 1.91 bits per heavy atom. The standard InChI is InChI=1S/C22H24Cl2N4O.CH2O2/c23-15-3-1-14(2-4-15)11-20(26-9-8-25)22(29)28-10-7-17-18-12-16(24)5-6-19(18)27-21(17)13-28;2-1-3/h1-6,12,20,26-27H,7-11,13,25H2;1H,(H,2,3). The number of aromatic nitrogens is 1. The number of nitrogens with zero attached hydrogens (tertiary/aromatic N) is 1. The zero-order valence-corrected chi connectivity index (χ0v) is 19.0. The number of nitrogens with two attached hydrogens (primary N) is 1. The van der Waals surface area contributed by atoms with Gasteiger partial charge in [0.25, 0.3) is 6.47 Å². The average Bonchev–Trinajstić information content (AvgIpc) is 3.15. The minimum absolute atomic E-state index is 0.0933. The molecule has 2 heterocycles. The van der Waals surface area contributed by atoms with Gasteiger partial charge < -0.3 is 26.0 Å². The van der Waals surface area contributed by atoms with Gasteiger partial charge in [0.05, 0.1) is 12.6 Å². The van der Waals surface area contributed by atoms with Crippen LogP contribution in [0.4, 0.5) is 0 Å². The molecule has 1 aromatic heterocycles. The van der Waals surface area contributed by atoms with Crippen LogP contribution in [0.5, 0.6) is 0 Å². The van der Waals surface area contributed by atoms with Crippen LogP contribution in [0.2, 0.25) is 10.0 Å². The maximum absolute atomic E-state index is 13.3. The molecule has 9 heteroatoms. The molecular formula is C23H26Cl2N4O3. The molecule has 1 unspecified atom stereocenters. The van der Waals surface area contributed by atoms with Gasteiger partial charge >= 0.3 is 0 Å². The lowest BCUT2D eigenvalue weighted by Gasteiger charge is -2.31. The highest BCUT2D eigenvalue weighted by molar-refractivity contribution is 6.31. The molecule has 0 saturated heterocycles. The Morgan fingerprint density at radius 1 is 1.22 bits per heavy atom. The maximum atomic E-state index is 13.3. The van der Waals surface area contributed by atoms with Gasteiger partial charge in [-0.1, -0.05) is 35.3 Å². The first-order valence-corrected chi connectivity index (χ1v) is 11.1. The molecule has 0 aliphatic carbocycles. The van der Waals surface area contributed by atoms with Crippen molar-refractivity contribution < 1.29 is 14.7 Å². The predicted octanol–water partition coefficient (Wildman–Crippen LogP) is 3.22. The van der Waals surface area contributed by atoms with Crippen LogP contribution in [-0.2, 0) is 29.0 Å². The fourth-order valence-electron chi connectivity index (χ4n) is 3.98. The second kappa shape index (κ2) is 11.3. The van der Waals surface area contributed by atoms with Crippen LogP contribution >= 0.6 is 23.2 Å². The smallest absolute Gasteiger partial charge is 0.290 e. The molecule has 1 atom stereocenters. The van der Waals surface area contributed by atoms with E-state index in [9.17, 15) is 4.79 Å². The van der Waals surface area contributed by atoms with Crippen LogP contribution in [-0.4, -0.2) is 53.0 Å². The Hall–Kier alpha value is -2.58. The van der Waals surface area contributed by atoms with Crippen molar-refractivity contribution in [1.82, 2.24) is 15.2 Å². The number of benzene rings is 2. The first kappa shape index (κ1) is 24.1. The summed E-state index contributed by atoms with van der Waals surface area (Å²) in [7, 11) is 0. The second-order valence-electron chi connectivity index (χ2n) is 7.51. The summed E-state index contributed by atoms with van der Waals surface area (Å²) in [5.74, 6) is 0.0933. The molecule has 3 aromatic rings. The lowest BCUT2D eigenvalue weighted by molar-refractivity contribution is -0.134. The number of halogens is 2. The third kappa shape index (κ3) is 5.81. The Labute approximate surface area is 196 Å². The lowest BCUT2D eigenvalue weighted by atomic mass is 10.0. The van der Waals surface area contributed by atoms with Crippen molar-refractivity contribution in [2.45, 2.75) is 25.4 Å². The lowest BCUT2D eigenvalue weighted by Crippen LogP contribution is -2.50. The highest BCUT2D eigenvalue weighted by Gasteiger charge is 2.29. The van der Waals surface area contributed by atoms with Crippen LogP contribution < -0.4 is 11.1 Å². The average molecular weight is 477 g/mol. The number of hydrogen-bond donors (Lipinski definition) is 4. The summed E-state index contributed by atoms with van der Waals surface area (Å²) >= 11 is 12.2. The molecule has 2 aromatic carbocycles. The number of carbonyl (C=O) groups excluding carboxylic acids is 1. The minimum Gasteiger partial charge on any atom is -0.483 e. The van der Waals surface area contributed by atoms with E-state index in [1.165, 1.54) is 5.56 Å². The van der Waals surface area contributed by atoms with E-state index in [1.54, 1.807) is 0 Å². The fraction of sp³-hybridized carbons (Fsp3) is 0.304. The summed E-state index contributed by atoms with van der Waals surface area (Å²) in [4.78, 5) is 27.1. The summed E-state index contributed by atoms with van der Waals surface area (Å²) in [5.41, 5.74) is 10.1. The summed E-state index contributed by atoms with van der Waals surface area (Å²) in [6, 6.07) is 13.2. The van der Waals surface area contributed by atoms with E-state index in [1.807, 2.05) is 47.4 Å². The van der Waals surface area contributed by atoms with Gasteiger partial charge in [0.1, 0.15) is 0 Å². The topological polar surface area (TPSA) is 111 Å². The quantitative estimate of drug-likeness (QED) is 0.408. The van der Waals surface area contributed by atoms with Gasteiger partial charge in [-0.05, 0) is 54.3 Å². The summed E-state index contributed by atoms with van der Waals surface area (Å²) in [6.07, 6.45) is 1.41. The van der Waals surface area contributed by atoms with E-state index >= 15 is 0 Å². The zero-order chi connectivity index (χ0) is 23.1. The molecule has 4 rings (SSSR count). The van der Waals surface area contributed by atoms with Crippen molar-refractivity contribution in [3.05, 3.63) is 69.3 Å². The Kier molecular flexibility index (Phi) is 8.53. The number of carboxylic acid groups (broad SMARTS) is 1. The molecule has 0 saturated carbocycles. The molecule has 170 valence electrons. The number of H-pyrrole nitrogens is 1. The summed E-state index contributed by atoms with van der Waals surface area (Å²) in [6.45, 7) is 2.08. The highest BCUT2D eigenvalue weighted by atomic mass is 35.5. The third-order valence-corrected chi connectivity index (χ3v) is 5.92. The van der Waals surface area contributed by atoms with E-state index in [0.717, 1.165) is 33.6 Å². The van der Waals surface area contributed by atoms with Gasteiger partial charge in [-0.3, -0.25) is 9.59 Å². The van der Waals surface area contributed by atoms with Crippen molar-refractivity contribution in [2.24, 2.45) is 5.73 Å². The molecular weight excluding hydrogens is 451 g/mol. The highest BCUT2D eigenvalue weighted by Crippen LogP contribution is 2.30. The van der Waals surface area contributed by atoms with Crippen LogP contribution in [0, 0.1) is 0 Å². The van der Waals surface area contributed by atoms with Crippen molar-refractivity contribution >= 4 is 46.5 Å². The molecule has 0 bridgehead atoms. The van der Waals surface area contributed by atoms with Gasteiger partial charge in [-0.2, -0.15) is 0 Å². The molecule has 5 N–H and O–H groups in total. The number of rotatable bonds is 6. The fourth-order valence-corrected chi connectivity index (χ4v) is 4.28. The first-order chi connectivity index (χ1) is 15.5. The van der Waals surface area contributed by atoms with E-state index in [4.69, 9.17) is 38.8 Å². The van der Waals surface area contributed by atoms with E-state index in [2.05, 4.69) is 10.3 Å². The Bertz CT molecular complexity index is 1070. The van der Waals surface area contributed by atoms with E-state index < -0.39 is 0 Å². The van der Waals surface area contributed by atoms with Gasteiger partial charge in [0.15, 0.2) is 0 Å². The third-order valence-electron chi connectivity index (χ3n) is 5.44. The van der Waals surface area contributed by atoms with Gasteiger partial charge in [-0.15, -0.1) is 0 Å². The SMILES string of the molecule is NCCNC(Cc1ccc(Cl)cc1)C(=O)N1CCc2c([nH]c3ccc(Cl)cc23)C1.O=CO. The molecule has 0 spiro atoms. The van der Waals surface area contributed by atoms with Crippen LogP contribution in [0.25, 0.3) is 10.9 Å². The number of nitrogens with one attached hydrogen (secondary N) is 2. The van der Waals surface area contributed by atoms with Crippen LogP contribution in [0.3, 0.4) is 0 Å². The first-order valence-electron chi connectivity index (χ1n) is 10.3. The molecule has 7 nitrogen and oxygen atoms in total. The van der Waals surface area contributed by atoms with Crippen molar-refractivity contribution in [3.8, 4) is 0 Å². The molecule has 0 fully saturated rings. The number of aromatic amines is 1. The molecule has 1 aliphatic heterocycles. The van der Waals surface area contributed by atoms with Crippen LogP contribution in [0.15, 0.2) is 42.5 Å². The Balaban J connectivity index is 0.000000913. The van der Waals surface area contributed by atoms with Crippen molar-refractivity contribution in [3.63, 3.8) is 0 Å². The minimum atomic E-state index is -0.319. The number of hydrogen-bond acceptors (Lipinski definition) is 4. The van der Waals surface area contributed by atoms with Gasteiger partial charge in [0.2, 0.25) is 5.91 Å². The molecule has 1 amide bonds. The van der Waals surface area contributed by atoms with Crippen molar-refractivity contribution in [1.29, 1.82) is 0 Å². The number of fused-ring (bicyclic) bond motifs is 3.